The Morgan fingerprint density at radius 2 is 1.62 bits per heavy atom. The van der Waals surface area contributed by atoms with E-state index in [-0.39, 0.29) is 5.91 Å². The van der Waals surface area contributed by atoms with Crippen LogP contribution in [0.2, 0.25) is 0 Å². The van der Waals surface area contributed by atoms with E-state index < -0.39 is 0 Å². The lowest BCUT2D eigenvalue weighted by Gasteiger charge is -2.10. The molecule has 0 saturated heterocycles. The molecule has 0 aliphatic rings. The average Bonchev–Trinajstić information content (AvgIpc) is 2.72. The summed E-state index contributed by atoms with van der Waals surface area (Å²) in [5.74, 6) is -0.121. The molecule has 126 valence electrons. The van der Waals surface area contributed by atoms with E-state index in [1.54, 1.807) is 6.20 Å². The first kappa shape index (κ1) is 16.0. The molecule has 4 rings (SSSR count). The predicted octanol–water partition coefficient (Wildman–Crippen LogP) is 4.23. The van der Waals surface area contributed by atoms with Crippen LogP contribution < -0.4 is 5.32 Å². The molecule has 0 atom stereocenters. The largest absolute Gasteiger partial charge is 0.348 e. The monoisotopic (exact) mass is 339 g/mol. The highest BCUT2D eigenvalue weighted by atomic mass is 16.1. The number of fused-ring (bicyclic) bond motifs is 1. The third kappa shape index (κ3) is 3.30. The zero-order valence-corrected chi connectivity index (χ0v) is 14.1. The van der Waals surface area contributed by atoms with Crippen molar-refractivity contribution >= 4 is 16.8 Å². The number of pyridine rings is 2. The van der Waals surface area contributed by atoms with E-state index in [2.05, 4.69) is 15.3 Å². The molecule has 0 bridgehead atoms. The normalized spacial score (nSPS) is 10.6. The number of hydrogen-bond donors (Lipinski definition) is 1. The second-order valence-corrected chi connectivity index (χ2v) is 5.96. The molecule has 2 aromatic carbocycles. The van der Waals surface area contributed by atoms with Gasteiger partial charge in [0, 0.05) is 18.1 Å². The van der Waals surface area contributed by atoms with Crippen LogP contribution in [0.5, 0.6) is 0 Å². The summed E-state index contributed by atoms with van der Waals surface area (Å²) in [6.07, 6.45) is 1.72. The zero-order valence-electron chi connectivity index (χ0n) is 14.1. The molecular weight excluding hydrogens is 322 g/mol. The average molecular weight is 339 g/mol. The molecule has 2 aromatic heterocycles. The Bertz CT molecular complexity index is 1050. The number of aromatic nitrogens is 2. The minimum absolute atomic E-state index is 0.121. The van der Waals surface area contributed by atoms with Crippen LogP contribution in [0.25, 0.3) is 22.3 Å². The fourth-order valence-corrected chi connectivity index (χ4v) is 2.88. The van der Waals surface area contributed by atoms with Gasteiger partial charge in [0.15, 0.2) is 0 Å². The Morgan fingerprint density at radius 1 is 0.846 bits per heavy atom. The number of carbonyl (C=O) groups is 1. The maximum Gasteiger partial charge on any atom is 0.252 e. The van der Waals surface area contributed by atoms with Gasteiger partial charge in [-0.1, -0.05) is 54.6 Å². The highest BCUT2D eigenvalue weighted by Gasteiger charge is 2.14. The van der Waals surface area contributed by atoms with Crippen molar-refractivity contribution in [2.45, 2.75) is 6.54 Å². The molecule has 2 heterocycles. The number of nitrogens with zero attached hydrogens (tertiary/aromatic N) is 2. The van der Waals surface area contributed by atoms with Crippen molar-refractivity contribution < 1.29 is 4.79 Å². The second kappa shape index (κ2) is 7.15. The molecule has 4 aromatic rings. The molecule has 0 saturated carbocycles. The molecule has 0 spiro atoms. The maximum absolute atomic E-state index is 12.9. The molecule has 0 radical (unpaired) electrons. The van der Waals surface area contributed by atoms with Gasteiger partial charge in [-0.25, -0.2) is 4.98 Å². The minimum Gasteiger partial charge on any atom is -0.348 e. The highest BCUT2D eigenvalue weighted by molar-refractivity contribution is 6.07. The van der Waals surface area contributed by atoms with Crippen LogP contribution in [0.3, 0.4) is 0 Å². The summed E-state index contributed by atoms with van der Waals surface area (Å²) < 4.78 is 0. The number of carbonyl (C=O) groups excluding carboxylic acids is 1. The minimum atomic E-state index is -0.121. The summed E-state index contributed by atoms with van der Waals surface area (Å²) in [5, 5.41) is 3.83. The molecular formula is C22H17N3O. The number of nitrogens with one attached hydrogen (secondary N) is 1. The standard InChI is InChI=1S/C22H17N3O/c26-22(24-15-16-8-2-1-3-9-16)18-14-21(20-12-6-7-13-23-20)25-19-11-5-4-10-17(18)19/h1-14H,15H2,(H,24,26). The SMILES string of the molecule is O=C(NCc1ccccc1)c1cc(-c2ccccn2)nc2ccccc12. The fraction of sp³-hybridized carbons (Fsp3) is 0.0455. The molecule has 0 unspecified atom stereocenters. The van der Waals surface area contributed by atoms with E-state index >= 15 is 0 Å². The van der Waals surface area contributed by atoms with E-state index in [1.165, 1.54) is 0 Å². The Balaban J connectivity index is 1.72. The van der Waals surface area contributed by atoms with Crippen molar-refractivity contribution in [3.05, 3.63) is 96.2 Å². The molecule has 4 nitrogen and oxygen atoms in total. The zero-order chi connectivity index (χ0) is 17.8. The molecule has 0 aliphatic carbocycles. The van der Waals surface area contributed by atoms with E-state index in [4.69, 9.17) is 0 Å². The smallest absolute Gasteiger partial charge is 0.252 e. The van der Waals surface area contributed by atoms with Crippen LogP contribution in [0, 0.1) is 0 Å². The van der Waals surface area contributed by atoms with Gasteiger partial charge < -0.3 is 5.32 Å². The van der Waals surface area contributed by atoms with Crippen molar-refractivity contribution in [1.29, 1.82) is 0 Å². The topological polar surface area (TPSA) is 54.9 Å². The number of rotatable bonds is 4. The first-order chi connectivity index (χ1) is 12.8. The summed E-state index contributed by atoms with van der Waals surface area (Å²) in [6, 6.07) is 25.0. The molecule has 0 aliphatic heterocycles. The van der Waals surface area contributed by atoms with Crippen molar-refractivity contribution in [3.63, 3.8) is 0 Å². The van der Waals surface area contributed by atoms with Gasteiger partial charge >= 0.3 is 0 Å². The Morgan fingerprint density at radius 3 is 2.42 bits per heavy atom. The molecule has 0 fully saturated rings. The predicted molar refractivity (Wildman–Crippen MR) is 103 cm³/mol. The second-order valence-electron chi connectivity index (χ2n) is 5.96. The van der Waals surface area contributed by atoms with Gasteiger partial charge in [-0.3, -0.25) is 9.78 Å². The molecule has 26 heavy (non-hydrogen) atoms. The third-order valence-corrected chi connectivity index (χ3v) is 4.18. The Kier molecular flexibility index (Phi) is 4.39. The summed E-state index contributed by atoms with van der Waals surface area (Å²) in [7, 11) is 0. The van der Waals surface area contributed by atoms with Crippen molar-refractivity contribution in [2.24, 2.45) is 0 Å². The quantitative estimate of drug-likeness (QED) is 0.605. The van der Waals surface area contributed by atoms with Gasteiger partial charge in [-0.2, -0.15) is 0 Å². The van der Waals surface area contributed by atoms with E-state index in [1.807, 2.05) is 78.9 Å². The summed E-state index contributed by atoms with van der Waals surface area (Å²) >= 11 is 0. The van der Waals surface area contributed by atoms with Gasteiger partial charge in [-0.05, 0) is 29.8 Å². The summed E-state index contributed by atoms with van der Waals surface area (Å²) in [6.45, 7) is 0.481. The molecule has 1 N–H and O–H groups in total. The van der Waals surface area contributed by atoms with Crippen molar-refractivity contribution in [1.82, 2.24) is 15.3 Å². The van der Waals surface area contributed by atoms with E-state index in [9.17, 15) is 4.79 Å². The first-order valence-corrected chi connectivity index (χ1v) is 8.44. The third-order valence-electron chi connectivity index (χ3n) is 4.18. The maximum atomic E-state index is 12.9. The number of para-hydroxylation sites is 1. The Labute approximate surface area is 151 Å². The van der Waals surface area contributed by atoms with Gasteiger partial charge in [0.2, 0.25) is 0 Å². The van der Waals surface area contributed by atoms with Crippen LogP contribution in [0.15, 0.2) is 85.1 Å². The number of amides is 1. The van der Waals surface area contributed by atoms with Gasteiger partial charge in [0.05, 0.1) is 22.5 Å². The molecule has 1 amide bonds. The van der Waals surface area contributed by atoms with E-state index in [0.29, 0.717) is 17.8 Å². The van der Waals surface area contributed by atoms with Crippen molar-refractivity contribution in [2.75, 3.05) is 0 Å². The summed E-state index contributed by atoms with van der Waals surface area (Å²) in [5.41, 5.74) is 3.88. The lowest BCUT2D eigenvalue weighted by atomic mass is 10.1. The lowest BCUT2D eigenvalue weighted by Crippen LogP contribution is -2.23. The molecule has 4 heteroatoms. The number of hydrogen-bond acceptors (Lipinski definition) is 3. The van der Waals surface area contributed by atoms with Gasteiger partial charge in [-0.15, -0.1) is 0 Å². The van der Waals surface area contributed by atoms with Crippen LogP contribution in [-0.4, -0.2) is 15.9 Å². The summed E-state index contributed by atoms with van der Waals surface area (Å²) in [4.78, 5) is 21.9. The van der Waals surface area contributed by atoms with Crippen LogP contribution in [0.1, 0.15) is 15.9 Å². The van der Waals surface area contributed by atoms with Crippen LogP contribution in [-0.2, 0) is 6.54 Å². The first-order valence-electron chi connectivity index (χ1n) is 8.44. The van der Waals surface area contributed by atoms with Crippen LogP contribution >= 0.6 is 0 Å². The number of benzene rings is 2. The van der Waals surface area contributed by atoms with E-state index in [0.717, 1.165) is 22.2 Å². The van der Waals surface area contributed by atoms with Gasteiger partial charge in [0.25, 0.3) is 5.91 Å². The lowest BCUT2D eigenvalue weighted by molar-refractivity contribution is 0.0952. The van der Waals surface area contributed by atoms with Crippen molar-refractivity contribution in [3.8, 4) is 11.4 Å². The fourth-order valence-electron chi connectivity index (χ4n) is 2.88. The van der Waals surface area contributed by atoms with Gasteiger partial charge in [0.1, 0.15) is 0 Å². The highest BCUT2D eigenvalue weighted by Crippen LogP contribution is 2.23. The Hall–Kier alpha value is -3.53. The van der Waals surface area contributed by atoms with Crippen LogP contribution in [0.4, 0.5) is 0 Å².